The predicted octanol–water partition coefficient (Wildman–Crippen LogP) is 1.88. The van der Waals surface area contributed by atoms with Gasteiger partial charge in [0.25, 0.3) is 0 Å². The van der Waals surface area contributed by atoms with Gasteiger partial charge in [0.1, 0.15) is 0 Å². The van der Waals surface area contributed by atoms with Crippen LogP contribution in [0.5, 0.6) is 0 Å². The van der Waals surface area contributed by atoms with Gasteiger partial charge >= 0.3 is 5.97 Å². The first-order chi connectivity index (χ1) is 5.16. The zero-order chi connectivity index (χ0) is 9.28. The number of hydroxylamine groups is 1. The molecule has 0 amide bonds. The summed E-state index contributed by atoms with van der Waals surface area (Å²) in [4.78, 5) is 15.0. The largest absolute Gasteiger partial charge is 0.370 e. The molecule has 0 saturated heterocycles. The molecule has 0 aliphatic heterocycles. The number of hydrogen-bond acceptors (Lipinski definition) is 3. The van der Waals surface area contributed by atoms with E-state index in [-0.39, 0.29) is 12.0 Å². The average Bonchev–Trinajstić information content (AvgIpc) is 2.04. The maximum Gasteiger partial charge on any atom is 0.324 e. The monoisotopic (exact) mass is 161 g/mol. The van der Waals surface area contributed by atoms with Crippen LogP contribution in [0.25, 0.3) is 0 Å². The van der Waals surface area contributed by atoms with Gasteiger partial charge in [0.05, 0.1) is 0 Å². The first-order valence-electron chi connectivity index (χ1n) is 4.12. The maximum absolute atomic E-state index is 10.4. The molecule has 0 spiro atoms. The molecule has 0 atom stereocenters. The van der Waals surface area contributed by atoms with Crippen LogP contribution in [0.1, 0.15) is 41.0 Å². The summed E-state index contributed by atoms with van der Waals surface area (Å²) < 4.78 is 0. The van der Waals surface area contributed by atoms with E-state index in [0.717, 1.165) is 0 Å². The Labute approximate surface area is 69.1 Å². The van der Waals surface area contributed by atoms with E-state index >= 15 is 0 Å². The highest BCUT2D eigenvalue weighted by Gasteiger charge is 1.97. The lowest BCUT2D eigenvalue weighted by molar-refractivity contribution is -0.152. The second kappa shape index (κ2) is 9.43. The van der Waals surface area contributed by atoms with Gasteiger partial charge in [-0.15, -0.1) is 0 Å². The lowest BCUT2D eigenvalue weighted by Gasteiger charge is -2.05. The summed E-state index contributed by atoms with van der Waals surface area (Å²) in [6.07, 6.45) is 0.416. The van der Waals surface area contributed by atoms with E-state index in [2.05, 4.69) is 10.3 Å². The van der Waals surface area contributed by atoms with Crippen molar-refractivity contribution in [3.63, 3.8) is 0 Å². The van der Waals surface area contributed by atoms with Gasteiger partial charge in [0, 0.05) is 12.5 Å². The highest BCUT2D eigenvalue weighted by Crippen LogP contribution is 1.82. The molecule has 68 valence electrons. The molecule has 3 nitrogen and oxygen atoms in total. The van der Waals surface area contributed by atoms with E-state index < -0.39 is 0 Å². The lowest BCUT2D eigenvalue weighted by Crippen LogP contribution is -2.26. The van der Waals surface area contributed by atoms with Crippen LogP contribution < -0.4 is 5.48 Å². The van der Waals surface area contributed by atoms with Gasteiger partial charge in [0.2, 0.25) is 0 Å². The molecule has 11 heavy (non-hydrogen) atoms. The molecule has 0 aromatic carbocycles. The van der Waals surface area contributed by atoms with Crippen molar-refractivity contribution in [2.75, 3.05) is 0 Å². The third-order valence-electron chi connectivity index (χ3n) is 0.697. The van der Waals surface area contributed by atoms with Crippen LogP contribution in [0.15, 0.2) is 0 Å². The Hall–Kier alpha value is -0.570. The van der Waals surface area contributed by atoms with E-state index in [9.17, 15) is 4.79 Å². The van der Waals surface area contributed by atoms with Crippen LogP contribution in [0.4, 0.5) is 0 Å². The fourth-order valence-corrected chi connectivity index (χ4v) is 0.256. The Bertz CT molecular complexity index is 92.1. The van der Waals surface area contributed by atoms with Crippen LogP contribution in [0, 0.1) is 0 Å². The standard InChI is InChI=1S/C6H13NO2.C2H6/c1-4-6(8)9-7-5(2)3;1-2/h5,7H,4H2,1-3H3;1-2H3. The van der Waals surface area contributed by atoms with Gasteiger partial charge in [-0.25, -0.2) is 0 Å². The smallest absolute Gasteiger partial charge is 0.324 e. The van der Waals surface area contributed by atoms with Gasteiger partial charge in [-0.2, -0.15) is 5.48 Å². The Morgan fingerprint density at radius 1 is 1.45 bits per heavy atom. The third kappa shape index (κ3) is 12.6. The summed E-state index contributed by atoms with van der Waals surface area (Å²) in [5.41, 5.74) is 2.55. The molecule has 0 radical (unpaired) electrons. The van der Waals surface area contributed by atoms with E-state index in [1.54, 1.807) is 6.92 Å². The zero-order valence-electron chi connectivity index (χ0n) is 8.10. The van der Waals surface area contributed by atoms with Crippen LogP contribution >= 0.6 is 0 Å². The number of rotatable bonds is 3. The van der Waals surface area contributed by atoms with Crippen LogP contribution in [-0.4, -0.2) is 12.0 Å². The molecule has 0 bridgehead atoms. The second-order valence-corrected chi connectivity index (χ2v) is 2.10. The van der Waals surface area contributed by atoms with Crippen molar-refractivity contribution in [1.29, 1.82) is 0 Å². The van der Waals surface area contributed by atoms with Gasteiger partial charge in [-0.05, 0) is 13.8 Å². The Morgan fingerprint density at radius 2 is 1.91 bits per heavy atom. The fourth-order valence-electron chi connectivity index (χ4n) is 0.256. The number of carbonyl (C=O) groups excluding carboxylic acids is 1. The fraction of sp³-hybridized carbons (Fsp3) is 0.875. The molecule has 0 heterocycles. The van der Waals surface area contributed by atoms with E-state index in [4.69, 9.17) is 0 Å². The van der Waals surface area contributed by atoms with E-state index in [1.807, 2.05) is 27.7 Å². The Kier molecular flexibility index (Phi) is 11.2. The second-order valence-electron chi connectivity index (χ2n) is 2.10. The zero-order valence-corrected chi connectivity index (χ0v) is 8.10. The summed E-state index contributed by atoms with van der Waals surface area (Å²) in [6, 6.07) is 0.195. The average molecular weight is 161 g/mol. The van der Waals surface area contributed by atoms with Crippen molar-refractivity contribution in [2.24, 2.45) is 0 Å². The molecule has 0 rings (SSSR count). The summed E-state index contributed by atoms with van der Waals surface area (Å²) in [5, 5.41) is 0. The minimum Gasteiger partial charge on any atom is -0.370 e. The van der Waals surface area contributed by atoms with Crippen molar-refractivity contribution in [1.82, 2.24) is 5.48 Å². The number of hydrogen-bond donors (Lipinski definition) is 1. The number of carbonyl (C=O) groups is 1. The normalized spacial score (nSPS) is 8.55. The van der Waals surface area contributed by atoms with Gasteiger partial charge in [-0.3, -0.25) is 4.79 Å². The predicted molar refractivity (Wildman–Crippen MR) is 46.0 cm³/mol. The van der Waals surface area contributed by atoms with Crippen molar-refractivity contribution in [3.8, 4) is 0 Å². The molecule has 0 aliphatic carbocycles. The Morgan fingerprint density at radius 3 is 2.18 bits per heavy atom. The minimum atomic E-state index is -0.219. The molecule has 1 N–H and O–H groups in total. The minimum absolute atomic E-state index is 0.195. The van der Waals surface area contributed by atoms with Gasteiger partial charge in [-0.1, -0.05) is 20.8 Å². The summed E-state index contributed by atoms with van der Waals surface area (Å²) in [6.45, 7) is 9.57. The van der Waals surface area contributed by atoms with Crippen molar-refractivity contribution < 1.29 is 9.63 Å². The molecule has 3 heteroatoms. The molecular formula is C8H19NO2. The maximum atomic E-state index is 10.4. The summed E-state index contributed by atoms with van der Waals surface area (Å²) >= 11 is 0. The topological polar surface area (TPSA) is 38.3 Å². The summed E-state index contributed by atoms with van der Waals surface area (Å²) in [7, 11) is 0. The van der Waals surface area contributed by atoms with Crippen molar-refractivity contribution in [3.05, 3.63) is 0 Å². The first kappa shape index (κ1) is 13.1. The van der Waals surface area contributed by atoms with Gasteiger partial charge in [0.15, 0.2) is 0 Å². The highest BCUT2D eigenvalue weighted by atomic mass is 16.7. The van der Waals surface area contributed by atoms with Crippen molar-refractivity contribution >= 4 is 5.97 Å². The molecular weight excluding hydrogens is 142 g/mol. The van der Waals surface area contributed by atoms with E-state index in [1.165, 1.54) is 0 Å². The van der Waals surface area contributed by atoms with Crippen LogP contribution in [0.3, 0.4) is 0 Å². The highest BCUT2D eigenvalue weighted by molar-refractivity contribution is 5.68. The van der Waals surface area contributed by atoms with Crippen molar-refractivity contribution in [2.45, 2.75) is 47.1 Å². The molecule has 0 saturated carbocycles. The molecule has 0 aliphatic rings. The Balaban J connectivity index is 0. The molecule has 0 fully saturated rings. The first-order valence-corrected chi connectivity index (χ1v) is 4.12. The molecule has 0 aromatic rings. The lowest BCUT2D eigenvalue weighted by atomic mass is 10.4. The van der Waals surface area contributed by atoms with Crippen LogP contribution in [0.2, 0.25) is 0 Å². The molecule has 0 aromatic heterocycles. The third-order valence-corrected chi connectivity index (χ3v) is 0.697. The SMILES string of the molecule is CC.CCC(=O)ONC(C)C. The van der Waals surface area contributed by atoms with Gasteiger partial charge < -0.3 is 4.84 Å². The van der Waals surface area contributed by atoms with E-state index in [0.29, 0.717) is 6.42 Å². The quantitative estimate of drug-likeness (QED) is 0.642. The number of nitrogens with one attached hydrogen (secondary N) is 1. The van der Waals surface area contributed by atoms with Crippen LogP contribution in [-0.2, 0) is 9.63 Å². The summed E-state index contributed by atoms with van der Waals surface area (Å²) in [5.74, 6) is -0.219. The molecule has 0 unspecified atom stereocenters.